The Morgan fingerprint density at radius 3 is 2.78 bits per heavy atom. The van der Waals surface area contributed by atoms with Crippen molar-refractivity contribution in [1.82, 2.24) is 25.4 Å². The summed E-state index contributed by atoms with van der Waals surface area (Å²) in [5, 5.41) is 15.9. The molecule has 4 rings (SSSR count). The molecule has 7 nitrogen and oxygen atoms in total. The Morgan fingerprint density at radius 1 is 1.09 bits per heavy atom. The summed E-state index contributed by atoms with van der Waals surface area (Å²) in [6.45, 7) is 9.36. The molecule has 0 aliphatic carbocycles. The molecule has 1 aromatic heterocycles. The van der Waals surface area contributed by atoms with Crippen LogP contribution in [0.25, 0.3) is 0 Å². The molecule has 0 amide bonds. The lowest BCUT2D eigenvalue weighted by atomic mass is 10.1. The maximum Gasteiger partial charge on any atom is 0.191 e. The molecule has 7 heteroatoms. The van der Waals surface area contributed by atoms with Gasteiger partial charge in [-0.1, -0.05) is 18.6 Å². The minimum Gasteiger partial charge on any atom is -0.372 e. The van der Waals surface area contributed by atoms with Crippen LogP contribution in [0.15, 0.2) is 29.3 Å². The second-order valence-corrected chi connectivity index (χ2v) is 9.01. The number of rotatable bonds is 8. The first-order chi connectivity index (χ1) is 15.7. The van der Waals surface area contributed by atoms with Crippen molar-refractivity contribution in [2.24, 2.45) is 4.99 Å². The van der Waals surface area contributed by atoms with E-state index in [4.69, 9.17) is 4.99 Å². The highest BCUT2D eigenvalue weighted by Gasteiger charge is 2.16. The highest BCUT2D eigenvalue weighted by molar-refractivity contribution is 5.80. The fourth-order valence-corrected chi connectivity index (χ4v) is 4.73. The fourth-order valence-electron chi connectivity index (χ4n) is 4.73. The molecular weight excluding hydrogens is 398 g/mol. The SMILES string of the molecule is CCNC(=NCCCc1nnc2n1CCCCC2)NC(C)c1cccc(N2CCCC2)c1. The van der Waals surface area contributed by atoms with Crippen molar-refractivity contribution in [1.29, 1.82) is 0 Å². The van der Waals surface area contributed by atoms with Gasteiger partial charge in [0.05, 0.1) is 6.04 Å². The van der Waals surface area contributed by atoms with Crippen molar-refractivity contribution in [3.05, 3.63) is 41.5 Å². The average molecular weight is 438 g/mol. The Labute approximate surface area is 192 Å². The minimum atomic E-state index is 0.197. The summed E-state index contributed by atoms with van der Waals surface area (Å²) in [5.74, 6) is 3.18. The molecule has 2 N–H and O–H groups in total. The molecule has 3 heterocycles. The second kappa shape index (κ2) is 11.3. The molecule has 0 saturated carbocycles. The molecular formula is C25H39N7. The number of hydrogen-bond donors (Lipinski definition) is 2. The van der Waals surface area contributed by atoms with Gasteiger partial charge in [-0.05, 0) is 63.6 Å². The predicted molar refractivity (Wildman–Crippen MR) is 131 cm³/mol. The lowest BCUT2D eigenvalue weighted by Crippen LogP contribution is -2.38. The average Bonchev–Trinajstić information content (AvgIpc) is 3.42. The molecule has 2 aromatic rings. The van der Waals surface area contributed by atoms with E-state index in [1.54, 1.807) is 0 Å². The standard InChI is InChI=1S/C25H39N7/c1-3-26-25(27-15-10-14-24-30-29-23-13-5-4-6-18-32(23)24)28-20(2)21-11-9-12-22(19-21)31-16-7-8-17-31/h9,11-12,19-20H,3-8,10,13-18H2,1-2H3,(H2,26,27,28). The van der Waals surface area contributed by atoms with Crippen molar-refractivity contribution in [3.63, 3.8) is 0 Å². The van der Waals surface area contributed by atoms with E-state index in [0.717, 1.165) is 50.7 Å². The Balaban J connectivity index is 1.32. The summed E-state index contributed by atoms with van der Waals surface area (Å²) in [6, 6.07) is 9.13. The fraction of sp³-hybridized carbons (Fsp3) is 0.640. The third-order valence-electron chi connectivity index (χ3n) is 6.55. The molecule has 1 atom stereocenters. The number of anilines is 1. The van der Waals surface area contributed by atoms with Crippen LogP contribution in [0, 0.1) is 0 Å². The molecule has 0 spiro atoms. The zero-order chi connectivity index (χ0) is 22.2. The molecule has 0 radical (unpaired) electrons. The summed E-state index contributed by atoms with van der Waals surface area (Å²) in [6.07, 6.45) is 9.35. The lowest BCUT2D eigenvalue weighted by molar-refractivity contribution is 0.597. The van der Waals surface area contributed by atoms with Crippen LogP contribution in [0.2, 0.25) is 0 Å². The van der Waals surface area contributed by atoms with Gasteiger partial charge in [0, 0.05) is 51.3 Å². The van der Waals surface area contributed by atoms with Crippen molar-refractivity contribution in [2.75, 3.05) is 31.1 Å². The summed E-state index contributed by atoms with van der Waals surface area (Å²) >= 11 is 0. The molecule has 32 heavy (non-hydrogen) atoms. The normalized spacial score (nSPS) is 17.7. The van der Waals surface area contributed by atoms with Gasteiger partial charge in [0.25, 0.3) is 0 Å². The maximum absolute atomic E-state index is 4.84. The molecule has 2 aliphatic rings. The number of fused-ring (bicyclic) bond motifs is 1. The number of nitrogens with zero attached hydrogens (tertiary/aromatic N) is 5. The third kappa shape index (κ3) is 5.81. The second-order valence-electron chi connectivity index (χ2n) is 9.01. The lowest BCUT2D eigenvalue weighted by Gasteiger charge is -2.22. The first-order valence-corrected chi connectivity index (χ1v) is 12.6. The van der Waals surface area contributed by atoms with Gasteiger partial charge in [0.2, 0.25) is 0 Å². The van der Waals surface area contributed by atoms with Gasteiger partial charge in [0.1, 0.15) is 11.6 Å². The van der Waals surface area contributed by atoms with Crippen LogP contribution in [0.1, 0.15) is 75.6 Å². The number of nitrogens with one attached hydrogen (secondary N) is 2. The third-order valence-corrected chi connectivity index (χ3v) is 6.55. The number of aliphatic imine (C=N–C) groups is 1. The van der Waals surface area contributed by atoms with E-state index in [1.807, 2.05) is 0 Å². The molecule has 1 unspecified atom stereocenters. The molecule has 1 saturated heterocycles. The van der Waals surface area contributed by atoms with Crippen molar-refractivity contribution < 1.29 is 0 Å². The van der Waals surface area contributed by atoms with Crippen molar-refractivity contribution in [2.45, 2.75) is 77.8 Å². The van der Waals surface area contributed by atoms with Crippen LogP contribution in [0.5, 0.6) is 0 Å². The molecule has 174 valence electrons. The number of hydrogen-bond acceptors (Lipinski definition) is 4. The number of guanidine groups is 1. The zero-order valence-corrected chi connectivity index (χ0v) is 19.8. The van der Waals surface area contributed by atoms with Crippen LogP contribution in [-0.4, -0.2) is 46.9 Å². The van der Waals surface area contributed by atoms with E-state index in [9.17, 15) is 0 Å². The first-order valence-electron chi connectivity index (χ1n) is 12.6. The summed E-state index contributed by atoms with van der Waals surface area (Å²) in [5.41, 5.74) is 2.63. The number of aryl methyl sites for hydroxylation is 2. The Hall–Kier alpha value is -2.57. The predicted octanol–water partition coefficient (Wildman–Crippen LogP) is 3.85. The molecule has 1 fully saturated rings. The van der Waals surface area contributed by atoms with Crippen LogP contribution in [0.3, 0.4) is 0 Å². The smallest absolute Gasteiger partial charge is 0.191 e. The van der Waals surface area contributed by atoms with Gasteiger partial charge in [0.15, 0.2) is 5.96 Å². The van der Waals surface area contributed by atoms with Crippen LogP contribution < -0.4 is 15.5 Å². The van der Waals surface area contributed by atoms with Gasteiger partial charge >= 0.3 is 0 Å². The van der Waals surface area contributed by atoms with Gasteiger partial charge in [-0.2, -0.15) is 0 Å². The van der Waals surface area contributed by atoms with Gasteiger partial charge < -0.3 is 20.1 Å². The monoisotopic (exact) mass is 437 g/mol. The van der Waals surface area contributed by atoms with E-state index >= 15 is 0 Å². The van der Waals surface area contributed by atoms with E-state index in [2.05, 4.69) is 68.4 Å². The van der Waals surface area contributed by atoms with Crippen LogP contribution in [0.4, 0.5) is 5.69 Å². The summed E-state index contributed by atoms with van der Waals surface area (Å²) in [4.78, 5) is 7.32. The molecule has 0 bridgehead atoms. The Morgan fingerprint density at radius 2 is 1.94 bits per heavy atom. The maximum atomic E-state index is 4.84. The van der Waals surface area contributed by atoms with Crippen LogP contribution >= 0.6 is 0 Å². The van der Waals surface area contributed by atoms with E-state index < -0.39 is 0 Å². The number of aromatic nitrogens is 3. The van der Waals surface area contributed by atoms with E-state index in [0.29, 0.717) is 0 Å². The van der Waals surface area contributed by atoms with Crippen molar-refractivity contribution >= 4 is 11.6 Å². The summed E-state index contributed by atoms with van der Waals surface area (Å²) < 4.78 is 2.34. The van der Waals surface area contributed by atoms with Gasteiger partial charge in [-0.15, -0.1) is 10.2 Å². The first kappa shape index (κ1) is 22.6. The van der Waals surface area contributed by atoms with Gasteiger partial charge in [-0.3, -0.25) is 4.99 Å². The topological polar surface area (TPSA) is 70.4 Å². The highest BCUT2D eigenvalue weighted by Crippen LogP contribution is 2.24. The Bertz CT molecular complexity index is 882. The van der Waals surface area contributed by atoms with Gasteiger partial charge in [-0.25, -0.2) is 0 Å². The summed E-state index contributed by atoms with van der Waals surface area (Å²) in [7, 11) is 0. The zero-order valence-electron chi connectivity index (χ0n) is 19.8. The van der Waals surface area contributed by atoms with Crippen LogP contribution in [-0.2, 0) is 19.4 Å². The Kier molecular flexibility index (Phi) is 8.02. The highest BCUT2D eigenvalue weighted by atomic mass is 15.3. The van der Waals surface area contributed by atoms with E-state index in [1.165, 1.54) is 62.3 Å². The van der Waals surface area contributed by atoms with Crippen molar-refractivity contribution in [3.8, 4) is 0 Å². The molecule has 1 aromatic carbocycles. The minimum absolute atomic E-state index is 0.197. The van der Waals surface area contributed by atoms with E-state index in [-0.39, 0.29) is 6.04 Å². The number of benzene rings is 1. The quantitative estimate of drug-likeness (QED) is 0.373. The molecule has 2 aliphatic heterocycles. The largest absolute Gasteiger partial charge is 0.372 e.